The van der Waals surface area contributed by atoms with Crippen molar-refractivity contribution < 1.29 is 22.9 Å². The Bertz CT molecular complexity index is 847. The average Bonchev–Trinajstić information content (AvgIpc) is 2.94. The monoisotopic (exact) mass is 609 g/mol. The van der Waals surface area contributed by atoms with Crippen LogP contribution in [0.5, 0.6) is 0 Å². The molecule has 6 nitrogen and oxygen atoms in total. The molecule has 1 amide bonds. The zero-order chi connectivity index (χ0) is 31.2. The summed E-state index contributed by atoms with van der Waals surface area (Å²) in [6.45, 7) is 4.45. The van der Waals surface area contributed by atoms with Gasteiger partial charge in [-0.05, 0) is 70.6 Å². The van der Waals surface area contributed by atoms with Crippen LogP contribution in [-0.2, 0) is 14.9 Å². The maximum atomic E-state index is 12.4. The van der Waals surface area contributed by atoms with E-state index in [-0.39, 0.29) is 12.3 Å². The zero-order valence-electron chi connectivity index (χ0n) is 26.9. The van der Waals surface area contributed by atoms with Crippen molar-refractivity contribution in [2.24, 2.45) is 0 Å². The van der Waals surface area contributed by atoms with E-state index in [9.17, 15) is 22.9 Å². The number of unbranched alkanes of at least 4 members (excludes halogenated alkanes) is 15. The Labute approximate surface area is 259 Å². The molecular formula is C35H63NO5S. The van der Waals surface area contributed by atoms with Crippen molar-refractivity contribution in [2.75, 3.05) is 5.75 Å². The number of aliphatic hydroxyl groups excluding tert-OH is 1. The average molecular weight is 610 g/mol. The lowest BCUT2D eigenvalue weighted by Gasteiger charge is -2.21. The van der Waals surface area contributed by atoms with E-state index in [1.165, 1.54) is 63.9 Å². The van der Waals surface area contributed by atoms with Crippen molar-refractivity contribution in [3.05, 3.63) is 48.6 Å². The number of allylic oxidation sites excluding steroid dienone is 7. The van der Waals surface area contributed by atoms with Gasteiger partial charge < -0.3 is 10.4 Å². The third-order valence-electron chi connectivity index (χ3n) is 7.21. The van der Waals surface area contributed by atoms with E-state index in [4.69, 9.17) is 0 Å². The molecule has 0 aromatic carbocycles. The fourth-order valence-electron chi connectivity index (χ4n) is 4.65. The van der Waals surface area contributed by atoms with Crippen LogP contribution in [0.2, 0.25) is 0 Å². The molecule has 0 heterocycles. The fourth-order valence-corrected chi connectivity index (χ4v) is 5.38. The summed E-state index contributed by atoms with van der Waals surface area (Å²) in [5.41, 5.74) is 0. The molecular weight excluding hydrogens is 546 g/mol. The molecule has 0 rings (SSSR count). The molecule has 0 aliphatic heterocycles. The molecule has 7 heteroatoms. The van der Waals surface area contributed by atoms with E-state index >= 15 is 0 Å². The van der Waals surface area contributed by atoms with Crippen LogP contribution in [0.4, 0.5) is 0 Å². The predicted octanol–water partition coefficient (Wildman–Crippen LogP) is 9.18. The van der Waals surface area contributed by atoms with Crippen molar-refractivity contribution >= 4 is 16.0 Å². The summed E-state index contributed by atoms with van der Waals surface area (Å²) in [6.07, 6.45) is 38.0. The van der Waals surface area contributed by atoms with Gasteiger partial charge in [-0.3, -0.25) is 9.35 Å². The SMILES string of the molecule is CCCCC/C=C\CCCCCCCC(=O)NC(CS(=O)(=O)O)C(O)/C=C/CC/C=C/CC/C=C/CCCCCCC. The normalized spacial score (nSPS) is 14.1. The van der Waals surface area contributed by atoms with Gasteiger partial charge in [0.05, 0.1) is 17.9 Å². The smallest absolute Gasteiger partial charge is 0.267 e. The molecule has 0 radical (unpaired) electrons. The Balaban J connectivity index is 4.16. The van der Waals surface area contributed by atoms with Crippen molar-refractivity contribution in [3.63, 3.8) is 0 Å². The van der Waals surface area contributed by atoms with Crippen LogP contribution in [0.15, 0.2) is 48.6 Å². The van der Waals surface area contributed by atoms with E-state index in [0.29, 0.717) is 12.8 Å². The Morgan fingerprint density at radius 3 is 1.55 bits per heavy atom. The maximum absolute atomic E-state index is 12.4. The summed E-state index contributed by atoms with van der Waals surface area (Å²) in [6, 6.07) is -1.08. The number of hydrogen-bond donors (Lipinski definition) is 3. The van der Waals surface area contributed by atoms with Crippen LogP contribution in [0.3, 0.4) is 0 Å². The van der Waals surface area contributed by atoms with Gasteiger partial charge in [0.15, 0.2) is 0 Å². The van der Waals surface area contributed by atoms with Crippen molar-refractivity contribution in [2.45, 2.75) is 161 Å². The first-order valence-corrected chi connectivity index (χ1v) is 18.4. The summed E-state index contributed by atoms with van der Waals surface area (Å²) in [4.78, 5) is 12.4. The van der Waals surface area contributed by atoms with Crippen molar-refractivity contribution in [1.82, 2.24) is 5.32 Å². The largest absolute Gasteiger partial charge is 0.387 e. The lowest BCUT2D eigenvalue weighted by molar-refractivity contribution is -0.122. The van der Waals surface area contributed by atoms with Crippen molar-refractivity contribution in [3.8, 4) is 0 Å². The number of amides is 1. The molecule has 0 bridgehead atoms. The standard InChI is InChI=1S/C35H63NO5S/c1-3-5-7-9-11-13-15-17-18-19-20-22-24-26-28-30-34(37)33(32-42(39,40)41)36-35(38)31-29-27-25-23-21-16-14-12-10-8-6-4-2/h12,14-15,17,20,22,28,30,33-34,37H,3-11,13,16,18-19,21,23-27,29,31-32H2,1-2H3,(H,36,38)(H,39,40,41)/b14-12-,17-15+,22-20+,30-28+. The Morgan fingerprint density at radius 1 is 0.619 bits per heavy atom. The second-order valence-corrected chi connectivity index (χ2v) is 12.9. The second kappa shape index (κ2) is 29.4. The molecule has 0 fully saturated rings. The first-order chi connectivity index (χ1) is 20.3. The van der Waals surface area contributed by atoms with Gasteiger partial charge in [-0.2, -0.15) is 8.42 Å². The highest BCUT2D eigenvalue weighted by atomic mass is 32.2. The highest BCUT2D eigenvalue weighted by Gasteiger charge is 2.24. The van der Waals surface area contributed by atoms with Gasteiger partial charge in [0.2, 0.25) is 5.91 Å². The number of hydrogen-bond acceptors (Lipinski definition) is 4. The number of aliphatic hydroxyl groups is 1. The highest BCUT2D eigenvalue weighted by Crippen LogP contribution is 2.10. The fraction of sp³-hybridized carbons (Fsp3) is 0.743. The van der Waals surface area contributed by atoms with E-state index in [2.05, 4.69) is 55.6 Å². The molecule has 0 saturated heterocycles. The third-order valence-corrected chi connectivity index (χ3v) is 7.99. The van der Waals surface area contributed by atoms with Crippen LogP contribution in [0.1, 0.15) is 149 Å². The molecule has 0 aromatic rings. The summed E-state index contributed by atoms with van der Waals surface area (Å²) < 4.78 is 32.2. The van der Waals surface area contributed by atoms with Gasteiger partial charge in [-0.25, -0.2) is 0 Å². The lowest BCUT2D eigenvalue weighted by atomic mass is 10.1. The van der Waals surface area contributed by atoms with Crippen LogP contribution >= 0.6 is 0 Å². The molecule has 0 aliphatic rings. The van der Waals surface area contributed by atoms with E-state index in [1.807, 2.05) is 0 Å². The van der Waals surface area contributed by atoms with Gasteiger partial charge in [-0.15, -0.1) is 0 Å². The number of carbonyl (C=O) groups excluding carboxylic acids is 1. The topological polar surface area (TPSA) is 104 Å². The van der Waals surface area contributed by atoms with E-state index < -0.39 is 28.0 Å². The first-order valence-electron chi connectivity index (χ1n) is 16.8. The number of rotatable bonds is 29. The number of nitrogens with one attached hydrogen (secondary N) is 1. The summed E-state index contributed by atoms with van der Waals surface area (Å²) in [7, 11) is -4.35. The van der Waals surface area contributed by atoms with Gasteiger partial charge in [-0.1, -0.05) is 120 Å². The van der Waals surface area contributed by atoms with Gasteiger partial charge in [0, 0.05) is 6.42 Å². The van der Waals surface area contributed by atoms with Crippen LogP contribution in [-0.4, -0.2) is 41.9 Å². The number of carbonyl (C=O) groups is 1. The third kappa shape index (κ3) is 29.8. The molecule has 0 saturated carbocycles. The zero-order valence-corrected chi connectivity index (χ0v) is 27.7. The predicted molar refractivity (Wildman–Crippen MR) is 179 cm³/mol. The van der Waals surface area contributed by atoms with Gasteiger partial charge in [0.25, 0.3) is 10.1 Å². The van der Waals surface area contributed by atoms with E-state index in [0.717, 1.165) is 57.8 Å². The maximum Gasteiger partial charge on any atom is 0.267 e. The summed E-state index contributed by atoms with van der Waals surface area (Å²) in [5.74, 6) is -1.03. The lowest BCUT2D eigenvalue weighted by Crippen LogP contribution is -2.46. The van der Waals surface area contributed by atoms with Crippen LogP contribution < -0.4 is 5.32 Å². The molecule has 0 aliphatic carbocycles. The Hall–Kier alpha value is -1.70. The van der Waals surface area contributed by atoms with Crippen molar-refractivity contribution in [1.29, 1.82) is 0 Å². The van der Waals surface area contributed by atoms with E-state index in [1.54, 1.807) is 6.08 Å². The van der Waals surface area contributed by atoms with Crippen LogP contribution in [0.25, 0.3) is 0 Å². The molecule has 2 atom stereocenters. The molecule has 2 unspecified atom stereocenters. The second-order valence-electron chi connectivity index (χ2n) is 11.4. The summed E-state index contributed by atoms with van der Waals surface area (Å²) >= 11 is 0. The Kier molecular flexibility index (Phi) is 28.2. The Morgan fingerprint density at radius 2 is 1.02 bits per heavy atom. The molecule has 42 heavy (non-hydrogen) atoms. The minimum absolute atomic E-state index is 0.273. The van der Waals surface area contributed by atoms with Gasteiger partial charge in [0.1, 0.15) is 0 Å². The minimum atomic E-state index is -4.35. The highest BCUT2D eigenvalue weighted by molar-refractivity contribution is 7.85. The first kappa shape index (κ1) is 40.3. The molecule has 0 spiro atoms. The molecule has 244 valence electrons. The summed E-state index contributed by atoms with van der Waals surface area (Å²) in [5, 5.41) is 13.1. The van der Waals surface area contributed by atoms with Crippen LogP contribution in [0, 0.1) is 0 Å². The van der Waals surface area contributed by atoms with Gasteiger partial charge >= 0.3 is 0 Å². The minimum Gasteiger partial charge on any atom is -0.387 e. The molecule has 0 aromatic heterocycles. The quantitative estimate of drug-likeness (QED) is 0.0446. The molecule has 3 N–H and O–H groups in total.